The highest BCUT2D eigenvalue weighted by Crippen LogP contribution is 2.55. The highest BCUT2D eigenvalue weighted by Gasteiger charge is 2.50. The van der Waals surface area contributed by atoms with Gasteiger partial charge in [-0.15, -0.1) is 0 Å². The summed E-state index contributed by atoms with van der Waals surface area (Å²) >= 11 is 0. The second-order valence-electron chi connectivity index (χ2n) is 18.6. The number of hydrogen-bond acceptors (Lipinski definition) is 9. The molecule has 7 atom stereocenters. The van der Waals surface area contributed by atoms with Crippen molar-refractivity contribution in [1.29, 1.82) is 0 Å². The number of nitrogens with zero attached hydrogens (tertiary/aromatic N) is 1. The van der Waals surface area contributed by atoms with Gasteiger partial charge in [-0.3, -0.25) is 15.1 Å². The Labute approximate surface area is 369 Å². The molecule has 5 N–H and O–H groups in total. The molecule has 334 valence electrons. The molecule has 62 heavy (non-hydrogen) atoms. The van der Waals surface area contributed by atoms with Crippen molar-refractivity contribution in [3.63, 3.8) is 0 Å². The highest BCUT2D eigenvalue weighted by atomic mass is 16.6. The van der Waals surface area contributed by atoms with E-state index in [1.807, 2.05) is 25.3 Å². The lowest BCUT2D eigenvalue weighted by molar-refractivity contribution is -0.125. The number of unbranched alkanes of at least 4 members (excludes halogenated alkanes) is 2. The minimum Gasteiger partial charge on any atom is -0.504 e. The summed E-state index contributed by atoms with van der Waals surface area (Å²) in [7, 11) is 6.78. The van der Waals surface area contributed by atoms with E-state index >= 15 is 4.79 Å². The maximum atomic E-state index is 15.2. The largest absolute Gasteiger partial charge is 0.504 e. The molecule has 0 amide bonds. The SMILES string of the molecule is CCCCCC1C=CC(=O)C2(Cc3ccc(O)c(OC)c3)CCCC2CC#CNC(=NC)Nc2cc(cc3c2OC#CCC2CC(CNC)(CC2CC(O)OC)O3)C12CCCC2. The number of carbonyl (C=O) groups excluding carboxylic acids is 1. The van der Waals surface area contributed by atoms with Crippen LogP contribution in [0.2, 0.25) is 0 Å². The van der Waals surface area contributed by atoms with Gasteiger partial charge in [-0.1, -0.05) is 69.4 Å². The first-order valence-corrected chi connectivity index (χ1v) is 23.1. The van der Waals surface area contributed by atoms with Crippen LogP contribution in [0.4, 0.5) is 5.69 Å². The van der Waals surface area contributed by atoms with Crippen LogP contribution in [-0.2, 0) is 21.4 Å². The molecule has 0 saturated heterocycles. The molecule has 2 aromatic rings. The number of nitrogens with one attached hydrogen (secondary N) is 3. The average molecular weight is 849 g/mol. The Kier molecular flexibility index (Phi) is 14.8. The number of aliphatic imine (C=N–C) groups is 1. The second-order valence-corrected chi connectivity index (χ2v) is 18.6. The van der Waals surface area contributed by atoms with E-state index in [1.165, 1.54) is 0 Å². The Morgan fingerprint density at radius 3 is 2.66 bits per heavy atom. The minimum absolute atomic E-state index is 0.0395. The van der Waals surface area contributed by atoms with E-state index in [0.717, 1.165) is 94.6 Å². The number of aliphatic hydroxyl groups excluding tert-OH is 1. The highest BCUT2D eigenvalue weighted by molar-refractivity contribution is 5.97. The molecule has 11 heteroatoms. The number of allylic oxidation sites excluding steroid dienone is 2. The zero-order valence-electron chi connectivity index (χ0n) is 37.5. The van der Waals surface area contributed by atoms with Crippen LogP contribution in [0.5, 0.6) is 23.0 Å². The molecule has 2 heterocycles. The summed E-state index contributed by atoms with van der Waals surface area (Å²) in [4.78, 5) is 19.8. The van der Waals surface area contributed by atoms with Crippen molar-refractivity contribution >= 4 is 17.4 Å². The van der Waals surface area contributed by atoms with Gasteiger partial charge in [0.25, 0.3) is 0 Å². The number of phenolic OH excluding ortho intramolecular Hbond substituents is 1. The summed E-state index contributed by atoms with van der Waals surface area (Å²) in [6.07, 6.45) is 21.0. The van der Waals surface area contributed by atoms with E-state index in [1.54, 1.807) is 27.3 Å². The van der Waals surface area contributed by atoms with Crippen LogP contribution >= 0.6 is 0 Å². The summed E-state index contributed by atoms with van der Waals surface area (Å²) in [5.74, 6) is 9.36. The summed E-state index contributed by atoms with van der Waals surface area (Å²) in [6.45, 7) is 2.85. The third kappa shape index (κ3) is 9.61. The van der Waals surface area contributed by atoms with Crippen LogP contribution in [0.15, 0.2) is 47.5 Å². The molecule has 4 bridgehead atoms. The van der Waals surface area contributed by atoms with Crippen molar-refractivity contribution in [3.8, 4) is 47.0 Å². The van der Waals surface area contributed by atoms with Crippen molar-refractivity contribution < 1.29 is 34.0 Å². The smallest absolute Gasteiger partial charge is 0.207 e. The van der Waals surface area contributed by atoms with E-state index in [2.05, 4.69) is 70.1 Å². The number of ether oxygens (including phenoxy) is 4. The molecule has 1 spiro atoms. The molecule has 11 nitrogen and oxygen atoms in total. The van der Waals surface area contributed by atoms with Gasteiger partial charge in [0.05, 0.1) is 12.8 Å². The standard InChI is InChI=1S/C51H68N4O7/c1-6-7-8-15-39-19-21-45(57)51(31-35-18-20-42(56)43(27-35)59-4)24-11-16-38(51)17-12-25-54-48(53-3)55-41-29-40(50(39)22-9-10-23-50)30-44-47(41)61-26-13-14-36-32-49(62-44,34-52-2)33-37(36)28-46(58)60-5/h18-21,27,29-30,36-39,46,52,56,58H,6-11,14-17,22-24,28,31-34H2,1-5H3,(H2,53,54,55). The second kappa shape index (κ2) is 20.2. The average Bonchev–Trinajstić information content (AvgIpc) is 4.01. The number of guanidine groups is 1. The van der Waals surface area contributed by atoms with Crippen molar-refractivity contribution in [2.24, 2.45) is 34.1 Å². The molecule has 7 unspecified atom stereocenters. The van der Waals surface area contributed by atoms with Crippen LogP contribution in [0.25, 0.3) is 0 Å². The summed E-state index contributed by atoms with van der Waals surface area (Å²) < 4.78 is 24.6. The fourth-order valence-electron chi connectivity index (χ4n) is 11.7. The first-order valence-electron chi connectivity index (χ1n) is 23.1. The first kappa shape index (κ1) is 45.3. The maximum absolute atomic E-state index is 15.2. The molecule has 5 aliphatic rings. The van der Waals surface area contributed by atoms with Crippen molar-refractivity contribution in [2.45, 2.75) is 133 Å². The fourth-order valence-corrected chi connectivity index (χ4v) is 11.7. The Hall–Kier alpha value is -4.68. The summed E-state index contributed by atoms with van der Waals surface area (Å²) in [5, 5.41) is 31.3. The molecule has 2 aromatic carbocycles. The lowest BCUT2D eigenvalue weighted by atomic mass is 9.65. The zero-order chi connectivity index (χ0) is 43.7. The van der Waals surface area contributed by atoms with E-state index in [0.29, 0.717) is 61.1 Å². The minimum atomic E-state index is -0.864. The quantitative estimate of drug-likeness (QED) is 0.0804. The van der Waals surface area contributed by atoms with Gasteiger partial charge in [-0.25, -0.2) is 0 Å². The van der Waals surface area contributed by atoms with Gasteiger partial charge in [0.2, 0.25) is 11.7 Å². The third-order valence-corrected chi connectivity index (χ3v) is 14.9. The number of hydrogen-bond donors (Lipinski definition) is 5. The predicted molar refractivity (Wildman–Crippen MR) is 243 cm³/mol. The van der Waals surface area contributed by atoms with Gasteiger partial charge in [-0.05, 0) is 124 Å². The van der Waals surface area contributed by atoms with E-state index < -0.39 is 17.3 Å². The van der Waals surface area contributed by atoms with Gasteiger partial charge < -0.3 is 39.8 Å². The number of methoxy groups -OCH3 is 2. The number of phenols is 1. The lowest BCUT2D eigenvalue weighted by Gasteiger charge is -2.39. The molecule has 0 radical (unpaired) electrons. The number of aromatic hydroxyl groups is 1. The van der Waals surface area contributed by atoms with Crippen LogP contribution < -0.4 is 30.2 Å². The number of carbonyl (C=O) groups is 1. The molecular formula is C51H68N4O7. The Morgan fingerprint density at radius 1 is 1.06 bits per heavy atom. The molecular weight excluding hydrogens is 781 g/mol. The molecule has 2 aliphatic heterocycles. The molecule has 3 fully saturated rings. The Morgan fingerprint density at radius 2 is 1.90 bits per heavy atom. The van der Waals surface area contributed by atoms with Gasteiger partial charge in [0, 0.05) is 56.8 Å². The van der Waals surface area contributed by atoms with Gasteiger partial charge in [-0.2, -0.15) is 0 Å². The Bertz CT molecular complexity index is 2090. The number of likely N-dealkylation sites (N-methyl/N-ethyl adjacent to an activating group) is 1. The van der Waals surface area contributed by atoms with Gasteiger partial charge in [0.1, 0.15) is 11.7 Å². The van der Waals surface area contributed by atoms with Gasteiger partial charge in [0.15, 0.2) is 29.3 Å². The van der Waals surface area contributed by atoms with Crippen LogP contribution in [-0.4, -0.2) is 68.7 Å². The topological polar surface area (TPSA) is 143 Å². The third-order valence-electron chi connectivity index (χ3n) is 14.9. The number of ketones is 1. The number of fused-ring (bicyclic) bond motifs is 8. The van der Waals surface area contributed by atoms with E-state index in [9.17, 15) is 10.2 Å². The van der Waals surface area contributed by atoms with Crippen LogP contribution in [0.1, 0.15) is 121 Å². The maximum Gasteiger partial charge on any atom is 0.207 e. The molecule has 3 aliphatic carbocycles. The predicted octanol–water partition coefficient (Wildman–Crippen LogP) is 8.38. The number of aliphatic hydroxyl groups is 1. The first-order chi connectivity index (χ1) is 30.1. The van der Waals surface area contributed by atoms with Crippen molar-refractivity contribution in [3.05, 3.63) is 53.6 Å². The normalized spacial score (nSPS) is 28.8. The molecule has 0 aromatic heterocycles. The van der Waals surface area contributed by atoms with E-state index in [-0.39, 0.29) is 40.6 Å². The number of rotatable bonds is 12. The van der Waals surface area contributed by atoms with Crippen molar-refractivity contribution in [2.75, 3.05) is 40.2 Å². The van der Waals surface area contributed by atoms with Crippen LogP contribution in [0, 0.1) is 53.1 Å². The number of anilines is 1. The van der Waals surface area contributed by atoms with E-state index in [4.69, 9.17) is 18.9 Å². The monoisotopic (exact) mass is 849 g/mol. The fraction of sp³-hybridized carbons (Fsp3) is 0.608. The van der Waals surface area contributed by atoms with Crippen LogP contribution in [0.3, 0.4) is 0 Å². The Balaban J connectivity index is 1.37. The number of benzene rings is 2. The zero-order valence-corrected chi connectivity index (χ0v) is 37.5. The van der Waals surface area contributed by atoms with Crippen molar-refractivity contribution in [1.82, 2.24) is 10.6 Å². The van der Waals surface area contributed by atoms with Gasteiger partial charge >= 0.3 is 0 Å². The molecule has 7 rings (SSSR count). The summed E-state index contributed by atoms with van der Waals surface area (Å²) in [5.41, 5.74) is 1.27. The molecule has 3 saturated carbocycles. The lowest BCUT2D eigenvalue weighted by Crippen LogP contribution is -2.43. The summed E-state index contributed by atoms with van der Waals surface area (Å²) in [6, 6.07) is 13.0.